The van der Waals surface area contributed by atoms with Crippen molar-refractivity contribution in [2.75, 3.05) is 32.8 Å². The van der Waals surface area contributed by atoms with Crippen molar-refractivity contribution >= 4 is 20.3 Å². The minimum absolute atomic E-state index is 0.159. The highest BCUT2D eigenvalue weighted by Gasteiger charge is 2.38. The molecule has 1 saturated heterocycles. The first-order valence-electron chi connectivity index (χ1n) is 15.5. The highest BCUT2D eigenvalue weighted by atomic mass is 31.2. The molecule has 1 aromatic rings. The Morgan fingerprint density at radius 1 is 0.951 bits per heavy atom. The second kappa shape index (κ2) is 17.9. The van der Waals surface area contributed by atoms with E-state index in [9.17, 15) is 9.59 Å². The predicted octanol–water partition coefficient (Wildman–Crippen LogP) is 7.41. The van der Waals surface area contributed by atoms with E-state index in [1.54, 1.807) is 24.3 Å². The molecule has 3 rings (SSSR count). The fraction of sp³-hybridized carbons (Fsp3) is 0.719. The molecule has 0 spiro atoms. The normalized spacial score (nSPS) is 17.5. The SMILES string of the molecule is CC(C)N(C(C)C)P(OCCC#N)OC1(C)CCN(CCCCCCN2C(=O)c3ccccc3C2=O)CC1.CCC. The standard InChI is InChI=1S/C29H45N4O4P.C3H8/c1-23(2)33(24(3)4)38(36-22-12-17-30)37-29(5)15-20-31(21-16-29)18-10-6-7-11-19-32-27(34)25-13-8-9-14-26(25)28(32)35;1-3-2/h8-9,13-14,23-24H,6-7,10-12,15-16,18-22H2,1-5H3;3H2,1-2H3. The van der Waals surface area contributed by atoms with Crippen molar-refractivity contribution in [3.63, 3.8) is 0 Å². The van der Waals surface area contributed by atoms with Gasteiger partial charge in [0.25, 0.3) is 20.3 Å². The van der Waals surface area contributed by atoms with Gasteiger partial charge in [-0.05, 0) is 79.0 Å². The van der Waals surface area contributed by atoms with Crippen LogP contribution in [0.4, 0.5) is 0 Å². The van der Waals surface area contributed by atoms with Crippen molar-refractivity contribution in [3.8, 4) is 6.07 Å². The molecule has 0 N–H and O–H groups in total. The zero-order valence-corrected chi connectivity index (χ0v) is 27.4. The molecule has 0 radical (unpaired) electrons. The van der Waals surface area contributed by atoms with Gasteiger partial charge in [0, 0.05) is 31.7 Å². The van der Waals surface area contributed by atoms with Gasteiger partial charge in [0.2, 0.25) is 0 Å². The number of unbranched alkanes of at least 4 members (excludes halogenated alkanes) is 3. The topological polar surface area (TPSA) is 86.1 Å². The number of carbonyl (C=O) groups is 2. The molecule has 9 heteroatoms. The molecule has 0 saturated carbocycles. The molecule has 2 heterocycles. The minimum atomic E-state index is -1.23. The van der Waals surface area contributed by atoms with Gasteiger partial charge < -0.3 is 13.9 Å². The Morgan fingerprint density at radius 2 is 1.46 bits per heavy atom. The van der Waals surface area contributed by atoms with Gasteiger partial charge in [0.05, 0.1) is 35.8 Å². The van der Waals surface area contributed by atoms with Crippen molar-refractivity contribution < 1.29 is 18.6 Å². The molecule has 41 heavy (non-hydrogen) atoms. The summed E-state index contributed by atoms with van der Waals surface area (Å²) in [6.45, 7) is 19.0. The van der Waals surface area contributed by atoms with Crippen LogP contribution in [-0.4, -0.2) is 76.8 Å². The Bertz CT molecular complexity index is 945. The van der Waals surface area contributed by atoms with Gasteiger partial charge in [0.1, 0.15) is 0 Å². The van der Waals surface area contributed by atoms with E-state index in [-0.39, 0.29) is 17.4 Å². The first-order chi connectivity index (χ1) is 19.6. The molecule has 0 aliphatic carbocycles. The molecule has 2 aliphatic heterocycles. The van der Waals surface area contributed by atoms with Gasteiger partial charge in [-0.15, -0.1) is 0 Å². The van der Waals surface area contributed by atoms with Crippen molar-refractivity contribution in [1.82, 2.24) is 14.5 Å². The number of amides is 2. The van der Waals surface area contributed by atoms with Crippen LogP contribution in [0, 0.1) is 11.3 Å². The molecule has 1 unspecified atom stereocenters. The van der Waals surface area contributed by atoms with Crippen LogP contribution >= 0.6 is 8.53 Å². The number of nitriles is 1. The maximum absolute atomic E-state index is 12.5. The number of hydrogen-bond acceptors (Lipinski definition) is 7. The van der Waals surface area contributed by atoms with E-state index < -0.39 is 8.53 Å². The summed E-state index contributed by atoms with van der Waals surface area (Å²) >= 11 is 0. The number of hydrogen-bond donors (Lipinski definition) is 0. The van der Waals surface area contributed by atoms with Crippen LogP contribution in [0.25, 0.3) is 0 Å². The fourth-order valence-electron chi connectivity index (χ4n) is 5.21. The molecule has 1 atom stereocenters. The van der Waals surface area contributed by atoms with E-state index in [1.807, 2.05) is 0 Å². The second-order valence-electron chi connectivity index (χ2n) is 11.9. The maximum atomic E-state index is 12.5. The van der Waals surface area contributed by atoms with Gasteiger partial charge >= 0.3 is 0 Å². The lowest BCUT2D eigenvalue weighted by atomic mass is 9.94. The average molecular weight is 589 g/mol. The second-order valence-corrected chi connectivity index (χ2v) is 13.2. The summed E-state index contributed by atoms with van der Waals surface area (Å²) in [4.78, 5) is 28.9. The summed E-state index contributed by atoms with van der Waals surface area (Å²) in [5.74, 6) is -0.318. The Kier molecular flexibility index (Phi) is 15.4. The molecule has 8 nitrogen and oxygen atoms in total. The zero-order valence-electron chi connectivity index (χ0n) is 26.5. The lowest BCUT2D eigenvalue weighted by Gasteiger charge is -2.44. The van der Waals surface area contributed by atoms with E-state index in [1.165, 1.54) is 11.3 Å². The molecule has 230 valence electrons. The quantitative estimate of drug-likeness (QED) is 0.120. The van der Waals surface area contributed by atoms with E-state index in [4.69, 9.17) is 14.3 Å². The zero-order chi connectivity index (χ0) is 30.4. The lowest BCUT2D eigenvalue weighted by molar-refractivity contribution is 0.00160. The first kappa shape index (κ1) is 35.3. The summed E-state index contributed by atoms with van der Waals surface area (Å²) in [6.07, 6.45) is 7.58. The van der Waals surface area contributed by atoms with Crippen LogP contribution in [0.5, 0.6) is 0 Å². The van der Waals surface area contributed by atoms with Crippen LogP contribution in [0.1, 0.15) is 121 Å². The van der Waals surface area contributed by atoms with Gasteiger partial charge in [-0.2, -0.15) is 5.26 Å². The number of likely N-dealkylation sites (tertiary alicyclic amines) is 1. The Balaban J connectivity index is 0.00000187. The van der Waals surface area contributed by atoms with Crippen LogP contribution in [0.2, 0.25) is 0 Å². The van der Waals surface area contributed by atoms with Gasteiger partial charge in [-0.3, -0.25) is 14.5 Å². The monoisotopic (exact) mass is 588 g/mol. The maximum Gasteiger partial charge on any atom is 0.261 e. The predicted molar refractivity (Wildman–Crippen MR) is 167 cm³/mol. The number of fused-ring (bicyclic) bond motifs is 1. The summed E-state index contributed by atoms with van der Waals surface area (Å²) in [7, 11) is -1.23. The number of nitrogens with zero attached hydrogens (tertiary/aromatic N) is 4. The number of piperidine rings is 1. The van der Waals surface area contributed by atoms with E-state index in [0.717, 1.165) is 58.2 Å². The third-order valence-corrected chi connectivity index (χ3v) is 9.66. The summed E-state index contributed by atoms with van der Waals surface area (Å²) in [5.41, 5.74) is 0.825. The Labute approximate surface area is 250 Å². The number of imide groups is 1. The molecular formula is C32H53N4O4P. The molecular weight excluding hydrogens is 535 g/mol. The Morgan fingerprint density at radius 3 is 1.95 bits per heavy atom. The molecule has 2 aliphatic rings. The Hall–Kier alpha value is -1.88. The summed E-state index contributed by atoms with van der Waals surface area (Å²) in [5, 5.41) is 8.95. The van der Waals surface area contributed by atoms with Gasteiger partial charge in [-0.1, -0.05) is 45.2 Å². The molecule has 0 bridgehead atoms. The largest absolute Gasteiger partial charge is 0.321 e. The number of rotatable bonds is 15. The van der Waals surface area contributed by atoms with Gasteiger partial charge in [0.15, 0.2) is 0 Å². The van der Waals surface area contributed by atoms with E-state index in [2.05, 4.69) is 64.1 Å². The lowest BCUT2D eigenvalue weighted by Crippen LogP contribution is -2.45. The average Bonchev–Trinajstić information content (AvgIpc) is 3.16. The molecule has 2 amide bonds. The van der Waals surface area contributed by atoms with Crippen LogP contribution < -0.4 is 0 Å². The van der Waals surface area contributed by atoms with Gasteiger partial charge in [-0.25, -0.2) is 4.67 Å². The van der Waals surface area contributed by atoms with Crippen molar-refractivity contribution in [2.45, 2.75) is 118 Å². The van der Waals surface area contributed by atoms with Crippen LogP contribution in [-0.2, 0) is 9.05 Å². The number of carbonyl (C=O) groups excluding carboxylic acids is 2. The van der Waals surface area contributed by atoms with Crippen molar-refractivity contribution in [2.24, 2.45) is 0 Å². The summed E-state index contributed by atoms with van der Waals surface area (Å²) < 4.78 is 15.1. The van der Waals surface area contributed by atoms with E-state index >= 15 is 0 Å². The highest BCUT2D eigenvalue weighted by Crippen LogP contribution is 2.51. The van der Waals surface area contributed by atoms with E-state index in [0.29, 0.717) is 42.8 Å². The highest BCUT2D eigenvalue weighted by molar-refractivity contribution is 7.44. The first-order valence-corrected chi connectivity index (χ1v) is 16.7. The van der Waals surface area contributed by atoms with Crippen molar-refractivity contribution in [3.05, 3.63) is 35.4 Å². The number of benzene rings is 1. The van der Waals surface area contributed by atoms with Crippen molar-refractivity contribution in [1.29, 1.82) is 5.26 Å². The fourth-order valence-corrected chi connectivity index (χ4v) is 7.06. The van der Waals surface area contributed by atoms with Crippen LogP contribution in [0.15, 0.2) is 24.3 Å². The third kappa shape index (κ3) is 10.7. The molecule has 0 aromatic heterocycles. The van der Waals surface area contributed by atoms with Crippen LogP contribution in [0.3, 0.4) is 0 Å². The summed E-state index contributed by atoms with van der Waals surface area (Å²) in [6, 6.07) is 9.83. The molecule has 1 fully saturated rings. The minimum Gasteiger partial charge on any atom is -0.321 e. The third-order valence-electron chi connectivity index (χ3n) is 7.36. The smallest absolute Gasteiger partial charge is 0.261 e. The molecule has 1 aromatic carbocycles.